The molecule has 1 amide bonds. The van der Waals surface area contributed by atoms with Crippen molar-refractivity contribution < 1.29 is 9.53 Å². The number of amides is 1. The summed E-state index contributed by atoms with van der Waals surface area (Å²) >= 11 is 6.03. The average molecular weight is 427 g/mol. The molecule has 4 rings (SSSR count). The van der Waals surface area contributed by atoms with E-state index in [1.165, 1.54) is 4.80 Å². The highest BCUT2D eigenvalue weighted by atomic mass is 35.5. The van der Waals surface area contributed by atoms with Crippen LogP contribution in [0.15, 0.2) is 42.6 Å². The van der Waals surface area contributed by atoms with E-state index in [1.807, 2.05) is 24.3 Å². The van der Waals surface area contributed by atoms with E-state index in [9.17, 15) is 4.79 Å². The first kappa shape index (κ1) is 20.3. The predicted octanol–water partition coefficient (Wildman–Crippen LogP) is 2.78. The van der Waals surface area contributed by atoms with E-state index >= 15 is 0 Å². The number of benzene rings is 1. The number of hydrogen-bond donors (Lipinski definition) is 1. The molecule has 1 aliphatic rings. The fourth-order valence-corrected chi connectivity index (χ4v) is 3.49. The summed E-state index contributed by atoms with van der Waals surface area (Å²) in [5.41, 5.74) is 2.43. The van der Waals surface area contributed by atoms with Crippen LogP contribution in [0.25, 0.3) is 5.69 Å². The number of aryl methyl sites for hydroxylation is 1. The number of rotatable bonds is 5. The molecule has 9 heteroatoms. The van der Waals surface area contributed by atoms with Crippen LogP contribution in [-0.2, 0) is 11.3 Å². The Morgan fingerprint density at radius 2 is 2.17 bits per heavy atom. The van der Waals surface area contributed by atoms with Crippen molar-refractivity contribution in [2.75, 3.05) is 24.6 Å². The van der Waals surface area contributed by atoms with Crippen LogP contribution in [0.1, 0.15) is 28.7 Å². The lowest BCUT2D eigenvalue weighted by atomic mass is 10.2. The SMILES string of the molecule is Cc1nn(-c2cccc(Cl)c2)nc1C(=O)NCc1ccc(N2CCOC(C)C2)nc1. The number of nitrogens with zero attached hydrogens (tertiary/aromatic N) is 5. The molecule has 3 heterocycles. The molecule has 8 nitrogen and oxygen atoms in total. The van der Waals surface area contributed by atoms with Crippen molar-refractivity contribution in [2.24, 2.45) is 0 Å². The second-order valence-corrected chi connectivity index (χ2v) is 7.67. The number of aromatic nitrogens is 4. The van der Waals surface area contributed by atoms with Crippen molar-refractivity contribution in [1.82, 2.24) is 25.3 Å². The lowest BCUT2D eigenvalue weighted by Crippen LogP contribution is -2.41. The number of carbonyl (C=O) groups is 1. The van der Waals surface area contributed by atoms with Gasteiger partial charge in [0.15, 0.2) is 5.69 Å². The third-order valence-corrected chi connectivity index (χ3v) is 5.10. The van der Waals surface area contributed by atoms with E-state index < -0.39 is 0 Å². The molecule has 0 bridgehead atoms. The molecular weight excluding hydrogens is 404 g/mol. The molecule has 3 aromatic rings. The molecule has 156 valence electrons. The number of pyridine rings is 1. The molecule has 30 heavy (non-hydrogen) atoms. The normalized spacial score (nSPS) is 16.5. The summed E-state index contributed by atoms with van der Waals surface area (Å²) in [4.78, 5) is 20.8. The topological polar surface area (TPSA) is 85.2 Å². The Labute approximate surface area is 179 Å². The smallest absolute Gasteiger partial charge is 0.274 e. The van der Waals surface area contributed by atoms with Gasteiger partial charge in [-0.2, -0.15) is 9.90 Å². The molecule has 1 fully saturated rings. The summed E-state index contributed by atoms with van der Waals surface area (Å²) < 4.78 is 5.57. The molecule has 1 unspecified atom stereocenters. The molecule has 2 aromatic heterocycles. The second-order valence-electron chi connectivity index (χ2n) is 7.24. The van der Waals surface area contributed by atoms with Crippen molar-refractivity contribution in [3.05, 3.63) is 64.6 Å². The van der Waals surface area contributed by atoms with Gasteiger partial charge in [0, 0.05) is 30.9 Å². The number of carbonyl (C=O) groups excluding carboxylic acids is 1. The first-order valence-corrected chi connectivity index (χ1v) is 10.2. The summed E-state index contributed by atoms with van der Waals surface area (Å²) in [5, 5.41) is 12.1. The molecule has 0 aliphatic carbocycles. The zero-order valence-electron chi connectivity index (χ0n) is 16.9. The van der Waals surface area contributed by atoms with Crippen molar-refractivity contribution in [2.45, 2.75) is 26.5 Å². The number of nitrogens with one attached hydrogen (secondary N) is 1. The highest BCUT2D eigenvalue weighted by molar-refractivity contribution is 6.30. The Hall–Kier alpha value is -2.97. The van der Waals surface area contributed by atoms with Gasteiger partial charge in [0.05, 0.1) is 24.1 Å². The van der Waals surface area contributed by atoms with Gasteiger partial charge in [0.2, 0.25) is 0 Å². The van der Waals surface area contributed by atoms with Crippen molar-refractivity contribution >= 4 is 23.3 Å². The van der Waals surface area contributed by atoms with E-state index in [1.54, 1.807) is 25.3 Å². The largest absolute Gasteiger partial charge is 0.375 e. The lowest BCUT2D eigenvalue weighted by molar-refractivity contribution is 0.0529. The van der Waals surface area contributed by atoms with Gasteiger partial charge in [-0.25, -0.2) is 4.98 Å². The van der Waals surface area contributed by atoms with Gasteiger partial charge in [-0.3, -0.25) is 4.79 Å². The molecular formula is C21H23ClN6O2. The second kappa shape index (κ2) is 8.81. The molecule has 1 aliphatic heterocycles. The summed E-state index contributed by atoms with van der Waals surface area (Å²) in [7, 11) is 0. The van der Waals surface area contributed by atoms with Gasteiger partial charge in [-0.1, -0.05) is 23.7 Å². The zero-order chi connectivity index (χ0) is 21.1. The molecule has 1 saturated heterocycles. The van der Waals surface area contributed by atoms with E-state index in [-0.39, 0.29) is 17.7 Å². The Morgan fingerprint density at radius 3 is 2.90 bits per heavy atom. The number of halogens is 1. The predicted molar refractivity (Wildman–Crippen MR) is 114 cm³/mol. The minimum absolute atomic E-state index is 0.197. The third kappa shape index (κ3) is 4.60. The van der Waals surface area contributed by atoms with E-state index in [0.717, 1.165) is 24.5 Å². The molecule has 1 N–H and O–H groups in total. The van der Waals surface area contributed by atoms with E-state index in [4.69, 9.17) is 16.3 Å². The molecule has 0 radical (unpaired) electrons. The van der Waals surface area contributed by atoms with Gasteiger partial charge in [-0.15, -0.1) is 5.10 Å². The van der Waals surface area contributed by atoms with Crippen molar-refractivity contribution in [3.63, 3.8) is 0 Å². The highest BCUT2D eigenvalue weighted by Gasteiger charge is 2.18. The van der Waals surface area contributed by atoms with Crippen LogP contribution in [0, 0.1) is 6.92 Å². The van der Waals surface area contributed by atoms with Gasteiger partial charge >= 0.3 is 0 Å². The first-order valence-electron chi connectivity index (χ1n) is 9.79. The third-order valence-electron chi connectivity index (χ3n) is 4.86. The standard InChI is InChI=1S/C21H23ClN6O2/c1-14-13-27(8-9-30-14)19-7-6-16(11-23-19)12-24-21(29)20-15(2)25-28(26-20)18-5-3-4-17(22)10-18/h3-7,10-11,14H,8-9,12-13H2,1-2H3,(H,24,29). The molecule has 0 spiro atoms. The average Bonchev–Trinajstić information content (AvgIpc) is 3.14. The molecule has 0 saturated carbocycles. The zero-order valence-corrected chi connectivity index (χ0v) is 17.6. The van der Waals surface area contributed by atoms with Crippen LogP contribution in [0.4, 0.5) is 5.82 Å². The lowest BCUT2D eigenvalue weighted by Gasteiger charge is -2.32. The van der Waals surface area contributed by atoms with Crippen LogP contribution in [0.2, 0.25) is 5.02 Å². The number of morpholine rings is 1. The van der Waals surface area contributed by atoms with Crippen LogP contribution in [0.5, 0.6) is 0 Å². The molecule has 1 atom stereocenters. The van der Waals surface area contributed by atoms with Crippen molar-refractivity contribution in [3.8, 4) is 5.69 Å². The maximum Gasteiger partial charge on any atom is 0.274 e. The highest BCUT2D eigenvalue weighted by Crippen LogP contribution is 2.16. The summed E-state index contributed by atoms with van der Waals surface area (Å²) in [6.45, 7) is 6.52. The first-order chi connectivity index (χ1) is 14.5. The van der Waals surface area contributed by atoms with Crippen LogP contribution in [-0.4, -0.2) is 51.7 Å². The van der Waals surface area contributed by atoms with Gasteiger partial charge in [-0.05, 0) is 43.7 Å². The van der Waals surface area contributed by atoms with Crippen LogP contribution < -0.4 is 10.2 Å². The van der Waals surface area contributed by atoms with Crippen molar-refractivity contribution in [1.29, 1.82) is 0 Å². The fourth-order valence-electron chi connectivity index (χ4n) is 3.31. The Bertz CT molecular complexity index is 1040. The Kier molecular flexibility index (Phi) is 5.96. The summed E-state index contributed by atoms with van der Waals surface area (Å²) in [6.07, 6.45) is 1.98. The molecule has 1 aromatic carbocycles. The summed E-state index contributed by atoms with van der Waals surface area (Å²) in [6, 6.07) is 11.1. The Morgan fingerprint density at radius 1 is 1.30 bits per heavy atom. The maximum atomic E-state index is 12.6. The number of anilines is 1. The van der Waals surface area contributed by atoms with E-state index in [0.29, 0.717) is 29.6 Å². The minimum Gasteiger partial charge on any atom is -0.375 e. The maximum absolute atomic E-state index is 12.6. The summed E-state index contributed by atoms with van der Waals surface area (Å²) in [5.74, 6) is 0.632. The Balaban J connectivity index is 1.39. The van der Waals surface area contributed by atoms with Gasteiger partial charge in [0.25, 0.3) is 5.91 Å². The quantitative estimate of drug-likeness (QED) is 0.675. The fraction of sp³-hybridized carbons (Fsp3) is 0.333. The number of hydrogen-bond acceptors (Lipinski definition) is 6. The monoisotopic (exact) mass is 426 g/mol. The van der Waals surface area contributed by atoms with Gasteiger partial charge < -0.3 is 15.0 Å². The number of ether oxygens (including phenoxy) is 1. The van der Waals surface area contributed by atoms with Gasteiger partial charge in [0.1, 0.15) is 5.82 Å². The van der Waals surface area contributed by atoms with Crippen LogP contribution in [0.3, 0.4) is 0 Å². The minimum atomic E-state index is -0.285. The van der Waals surface area contributed by atoms with E-state index in [2.05, 4.69) is 32.3 Å². The van der Waals surface area contributed by atoms with Crippen LogP contribution >= 0.6 is 11.6 Å².